The lowest BCUT2D eigenvalue weighted by Crippen LogP contribution is -2.10. The molecule has 0 radical (unpaired) electrons. The van der Waals surface area contributed by atoms with E-state index in [1.165, 1.54) is 33.6 Å². The average molecular weight is 474 g/mol. The van der Waals surface area contributed by atoms with Crippen molar-refractivity contribution in [2.45, 2.75) is 27.7 Å². The molecule has 0 fully saturated rings. The minimum absolute atomic E-state index is 0.0675. The molecule has 5 heteroatoms. The summed E-state index contributed by atoms with van der Waals surface area (Å²) in [4.78, 5) is 6.35. The topological polar surface area (TPSA) is 44.5 Å². The van der Waals surface area contributed by atoms with Gasteiger partial charge in [0.15, 0.2) is 0 Å². The van der Waals surface area contributed by atoms with Crippen molar-refractivity contribution in [1.82, 2.24) is 0 Å². The lowest BCUT2D eigenvalue weighted by Gasteiger charge is -2.26. The van der Waals surface area contributed by atoms with Crippen LogP contribution in [0.2, 0.25) is 0 Å². The highest BCUT2D eigenvalue weighted by atomic mass is 32.1. The molecule has 0 saturated heterocycles. The van der Waals surface area contributed by atoms with Gasteiger partial charge in [0.05, 0.1) is 17.3 Å². The predicted molar refractivity (Wildman–Crippen MR) is 145 cm³/mol. The third kappa shape index (κ3) is 4.08. The molecular formula is C30H23N3OS. The van der Waals surface area contributed by atoms with Gasteiger partial charge >= 0.3 is 0 Å². The third-order valence-corrected chi connectivity index (χ3v) is 7.51. The van der Waals surface area contributed by atoms with E-state index >= 15 is 0 Å². The second-order valence-corrected chi connectivity index (χ2v) is 9.83. The third-order valence-electron chi connectivity index (χ3n) is 6.42. The molecule has 0 amide bonds. The summed E-state index contributed by atoms with van der Waals surface area (Å²) in [5.41, 5.74) is 9.86. The molecule has 0 N–H and O–H groups in total. The molecule has 0 aliphatic carbocycles. The van der Waals surface area contributed by atoms with Gasteiger partial charge in [0.2, 0.25) is 0 Å². The molecule has 0 aliphatic rings. The molecule has 0 spiro atoms. The minimum Gasteiger partial charge on any atom is -0.455 e. The van der Waals surface area contributed by atoms with Gasteiger partial charge in [-0.05, 0) is 98.5 Å². The average Bonchev–Trinajstić information content (AvgIpc) is 3.39. The zero-order valence-electron chi connectivity index (χ0n) is 20.0. The van der Waals surface area contributed by atoms with Crippen LogP contribution in [0.1, 0.15) is 27.1 Å². The number of furan rings is 1. The number of thiophene rings is 1. The van der Waals surface area contributed by atoms with Gasteiger partial charge in [-0.1, -0.05) is 12.1 Å². The molecule has 5 aromatic rings. The first-order valence-electron chi connectivity index (χ1n) is 11.3. The van der Waals surface area contributed by atoms with Crippen LogP contribution in [0.3, 0.4) is 0 Å². The first-order chi connectivity index (χ1) is 16.9. The van der Waals surface area contributed by atoms with E-state index in [-0.39, 0.29) is 5.70 Å². The number of benzene rings is 3. The van der Waals surface area contributed by atoms with Crippen molar-refractivity contribution in [2.24, 2.45) is 0 Å². The molecular weight excluding hydrogens is 450 g/mol. The Morgan fingerprint density at radius 1 is 0.857 bits per heavy atom. The van der Waals surface area contributed by atoms with Crippen molar-refractivity contribution in [3.05, 3.63) is 105 Å². The van der Waals surface area contributed by atoms with Gasteiger partial charge in [-0.3, -0.25) is 0 Å². The zero-order chi connectivity index (χ0) is 24.7. The fraction of sp³-hybridized carbons (Fsp3) is 0.133. The Morgan fingerprint density at radius 2 is 1.46 bits per heavy atom. The van der Waals surface area contributed by atoms with Crippen LogP contribution >= 0.6 is 11.3 Å². The molecule has 0 atom stereocenters. The molecule has 3 aromatic carbocycles. The van der Waals surface area contributed by atoms with Crippen molar-refractivity contribution >= 4 is 55.7 Å². The van der Waals surface area contributed by atoms with Gasteiger partial charge < -0.3 is 9.32 Å². The Bertz CT molecular complexity index is 1660. The van der Waals surface area contributed by atoms with Crippen molar-refractivity contribution in [2.75, 3.05) is 4.90 Å². The van der Waals surface area contributed by atoms with E-state index in [1.54, 1.807) is 6.08 Å². The van der Waals surface area contributed by atoms with E-state index in [9.17, 15) is 0 Å². The minimum atomic E-state index is 0.0675. The molecule has 4 nitrogen and oxygen atoms in total. The summed E-state index contributed by atoms with van der Waals surface area (Å²) in [7, 11) is 0. The number of nitrogens with zero attached hydrogens (tertiary/aromatic N) is 3. The predicted octanol–water partition coefficient (Wildman–Crippen LogP) is 9.13. The van der Waals surface area contributed by atoms with E-state index < -0.39 is 0 Å². The second kappa shape index (κ2) is 8.80. The van der Waals surface area contributed by atoms with Gasteiger partial charge in [0.1, 0.15) is 11.2 Å². The summed E-state index contributed by atoms with van der Waals surface area (Å²) < 4.78 is 7.24. The van der Waals surface area contributed by atoms with Crippen LogP contribution in [0.5, 0.6) is 0 Å². The Kier molecular flexibility index (Phi) is 5.65. The van der Waals surface area contributed by atoms with Gasteiger partial charge in [0, 0.05) is 33.4 Å². The molecule has 0 saturated carbocycles. The zero-order valence-corrected chi connectivity index (χ0v) is 20.8. The molecule has 2 aromatic heterocycles. The molecule has 0 bridgehead atoms. The quantitative estimate of drug-likeness (QED) is 0.193. The van der Waals surface area contributed by atoms with Crippen LogP contribution in [-0.2, 0) is 0 Å². The Hall–Kier alpha value is -4.32. The SMILES string of the molecule is [C-]#[N+]/C(C#N)=C\c1cc2oc3cc(N(c4ccc(C)c(C)c4)c4ccc(C)c(C)c4)ccc3c2s1. The lowest BCUT2D eigenvalue weighted by molar-refractivity contribution is 0.670. The van der Waals surface area contributed by atoms with Crippen LogP contribution in [0.4, 0.5) is 17.1 Å². The summed E-state index contributed by atoms with van der Waals surface area (Å²) in [6, 6.07) is 23.2. The summed E-state index contributed by atoms with van der Waals surface area (Å²) in [5.74, 6) is 0. The molecule has 170 valence electrons. The van der Waals surface area contributed by atoms with E-state index in [0.29, 0.717) is 0 Å². The normalized spacial score (nSPS) is 11.5. The summed E-state index contributed by atoms with van der Waals surface area (Å²) in [6.07, 6.45) is 1.61. The second-order valence-electron chi connectivity index (χ2n) is 8.75. The van der Waals surface area contributed by atoms with Crippen molar-refractivity contribution in [1.29, 1.82) is 5.26 Å². The molecule has 0 unspecified atom stereocenters. The monoisotopic (exact) mass is 473 g/mol. The fourth-order valence-electron chi connectivity index (χ4n) is 4.17. The van der Waals surface area contributed by atoms with Crippen LogP contribution in [-0.4, -0.2) is 0 Å². The number of hydrogen-bond acceptors (Lipinski definition) is 4. The van der Waals surface area contributed by atoms with Gasteiger partial charge in [-0.25, -0.2) is 10.1 Å². The summed E-state index contributed by atoms with van der Waals surface area (Å²) in [5, 5.41) is 10.1. The number of allylic oxidation sites excluding steroid dienone is 1. The van der Waals surface area contributed by atoms with Gasteiger partial charge in [0.25, 0.3) is 5.70 Å². The number of aryl methyl sites for hydroxylation is 4. The van der Waals surface area contributed by atoms with Crippen molar-refractivity contribution < 1.29 is 4.42 Å². The Balaban J connectivity index is 1.65. The number of fused-ring (bicyclic) bond motifs is 3. The van der Waals surface area contributed by atoms with E-state index in [2.05, 4.69) is 92.0 Å². The van der Waals surface area contributed by atoms with Crippen molar-refractivity contribution in [3.8, 4) is 6.07 Å². The first kappa shape index (κ1) is 22.5. The van der Waals surface area contributed by atoms with Crippen LogP contribution in [0.15, 0.2) is 70.8 Å². The molecule has 0 aliphatic heterocycles. The Morgan fingerprint density at radius 3 is 2.03 bits per heavy atom. The van der Waals surface area contributed by atoms with E-state index in [4.69, 9.17) is 16.3 Å². The van der Waals surface area contributed by atoms with Gasteiger partial charge in [-0.15, -0.1) is 11.3 Å². The smallest absolute Gasteiger partial charge is 0.263 e. The number of hydrogen-bond donors (Lipinski definition) is 0. The number of nitriles is 1. The Labute approximate surface area is 208 Å². The number of rotatable bonds is 4. The van der Waals surface area contributed by atoms with Crippen LogP contribution in [0, 0.1) is 45.6 Å². The molecule has 35 heavy (non-hydrogen) atoms. The number of anilines is 3. The highest BCUT2D eigenvalue weighted by Crippen LogP contribution is 2.41. The maximum atomic E-state index is 9.06. The highest BCUT2D eigenvalue weighted by molar-refractivity contribution is 7.20. The van der Waals surface area contributed by atoms with E-state index in [1.807, 2.05) is 12.1 Å². The maximum Gasteiger partial charge on any atom is 0.263 e. The fourth-order valence-corrected chi connectivity index (χ4v) is 5.22. The van der Waals surface area contributed by atoms with Crippen LogP contribution < -0.4 is 4.90 Å². The largest absolute Gasteiger partial charge is 0.455 e. The maximum absolute atomic E-state index is 9.06. The first-order valence-corrected chi connectivity index (χ1v) is 12.1. The van der Waals surface area contributed by atoms with Gasteiger partial charge in [-0.2, -0.15) is 0 Å². The molecule has 5 rings (SSSR count). The van der Waals surface area contributed by atoms with E-state index in [0.717, 1.165) is 43.2 Å². The highest BCUT2D eigenvalue weighted by Gasteiger charge is 2.17. The molecule has 2 heterocycles. The lowest BCUT2D eigenvalue weighted by atomic mass is 10.1. The summed E-state index contributed by atoms with van der Waals surface area (Å²) >= 11 is 1.53. The van der Waals surface area contributed by atoms with Crippen molar-refractivity contribution in [3.63, 3.8) is 0 Å². The standard InChI is InChI=1S/C30H23N3OS/c1-18-6-8-23(12-20(18)3)33(24-9-7-19(2)21(4)13-24)25-10-11-27-28(15-25)34-29-16-26(35-30(27)29)14-22(17-31)32-5/h6-16H,1-4H3/b22-14-. The summed E-state index contributed by atoms with van der Waals surface area (Å²) in [6.45, 7) is 15.6. The van der Waals surface area contributed by atoms with Crippen LogP contribution in [0.25, 0.3) is 32.2 Å².